The van der Waals surface area contributed by atoms with Gasteiger partial charge in [-0.05, 0) is 53.6 Å². The second kappa shape index (κ2) is 7.74. The zero-order chi connectivity index (χ0) is 18.6. The highest BCUT2D eigenvalue weighted by atomic mass is 16.5. The van der Waals surface area contributed by atoms with E-state index >= 15 is 0 Å². The SMILES string of the molecule is COc1ccc(N2CCN(C(=O)/C=C/c3ccc4c(c3)CCO4)CC2)cc1. The van der Waals surface area contributed by atoms with Crippen molar-refractivity contribution in [3.8, 4) is 11.5 Å². The van der Waals surface area contributed by atoms with Crippen molar-refractivity contribution >= 4 is 17.7 Å². The molecule has 0 radical (unpaired) electrons. The second-order valence-corrected chi connectivity index (χ2v) is 6.81. The van der Waals surface area contributed by atoms with Crippen LogP contribution in [0.5, 0.6) is 11.5 Å². The van der Waals surface area contributed by atoms with Crippen molar-refractivity contribution in [2.45, 2.75) is 6.42 Å². The van der Waals surface area contributed by atoms with Gasteiger partial charge < -0.3 is 19.3 Å². The fourth-order valence-electron chi connectivity index (χ4n) is 3.56. The molecule has 0 aliphatic carbocycles. The lowest BCUT2D eigenvalue weighted by Crippen LogP contribution is -2.48. The van der Waals surface area contributed by atoms with Crippen molar-refractivity contribution < 1.29 is 14.3 Å². The van der Waals surface area contributed by atoms with Gasteiger partial charge in [-0.25, -0.2) is 0 Å². The minimum Gasteiger partial charge on any atom is -0.497 e. The third-order valence-electron chi connectivity index (χ3n) is 5.16. The van der Waals surface area contributed by atoms with Crippen molar-refractivity contribution in [2.24, 2.45) is 0 Å². The summed E-state index contributed by atoms with van der Waals surface area (Å²) in [6, 6.07) is 14.2. The molecule has 0 saturated carbocycles. The van der Waals surface area contributed by atoms with Gasteiger partial charge in [0.15, 0.2) is 0 Å². The number of carbonyl (C=O) groups excluding carboxylic acids is 1. The Balaban J connectivity index is 1.33. The number of benzene rings is 2. The number of fused-ring (bicyclic) bond motifs is 1. The molecule has 1 fully saturated rings. The van der Waals surface area contributed by atoms with Crippen molar-refractivity contribution in [3.05, 3.63) is 59.7 Å². The van der Waals surface area contributed by atoms with Crippen LogP contribution >= 0.6 is 0 Å². The number of nitrogens with zero attached hydrogens (tertiary/aromatic N) is 2. The highest BCUT2D eigenvalue weighted by Crippen LogP contribution is 2.26. The molecule has 0 spiro atoms. The number of hydrogen-bond acceptors (Lipinski definition) is 4. The largest absolute Gasteiger partial charge is 0.497 e. The van der Waals surface area contributed by atoms with E-state index in [4.69, 9.17) is 9.47 Å². The third-order valence-corrected chi connectivity index (χ3v) is 5.16. The van der Waals surface area contributed by atoms with Gasteiger partial charge in [-0.2, -0.15) is 0 Å². The van der Waals surface area contributed by atoms with Gasteiger partial charge in [0, 0.05) is 44.4 Å². The van der Waals surface area contributed by atoms with E-state index in [2.05, 4.69) is 23.1 Å². The average molecular weight is 364 g/mol. The molecule has 140 valence electrons. The Morgan fingerprint density at radius 1 is 1.07 bits per heavy atom. The molecule has 1 saturated heterocycles. The first-order valence-corrected chi connectivity index (χ1v) is 9.35. The zero-order valence-corrected chi connectivity index (χ0v) is 15.6. The summed E-state index contributed by atoms with van der Waals surface area (Å²) in [5.74, 6) is 1.89. The number of methoxy groups -OCH3 is 1. The van der Waals surface area contributed by atoms with Crippen LogP contribution in [0.15, 0.2) is 48.5 Å². The molecule has 0 aromatic heterocycles. The minimum atomic E-state index is 0.0705. The quantitative estimate of drug-likeness (QED) is 0.782. The number of ether oxygens (including phenoxy) is 2. The maximum Gasteiger partial charge on any atom is 0.246 e. The number of rotatable bonds is 4. The number of hydrogen-bond donors (Lipinski definition) is 0. The summed E-state index contributed by atoms with van der Waals surface area (Å²) in [5, 5.41) is 0. The number of anilines is 1. The summed E-state index contributed by atoms with van der Waals surface area (Å²) in [4.78, 5) is 16.7. The molecule has 2 heterocycles. The Labute approximate surface area is 159 Å². The summed E-state index contributed by atoms with van der Waals surface area (Å²) in [6.45, 7) is 3.88. The summed E-state index contributed by atoms with van der Waals surface area (Å²) in [7, 11) is 1.67. The normalized spacial score (nSPS) is 16.3. The smallest absolute Gasteiger partial charge is 0.246 e. The zero-order valence-electron chi connectivity index (χ0n) is 15.6. The molecule has 0 N–H and O–H groups in total. The third kappa shape index (κ3) is 3.92. The van der Waals surface area contributed by atoms with E-state index in [1.165, 1.54) is 11.3 Å². The number of piperazine rings is 1. The summed E-state index contributed by atoms with van der Waals surface area (Å²) in [5.41, 5.74) is 3.43. The molecule has 1 amide bonds. The van der Waals surface area contributed by atoms with Gasteiger partial charge >= 0.3 is 0 Å². The average Bonchev–Trinajstić information content (AvgIpc) is 3.20. The summed E-state index contributed by atoms with van der Waals surface area (Å²) < 4.78 is 10.7. The standard InChI is InChI=1S/C22H24N2O3/c1-26-20-6-4-19(5-7-20)23-11-13-24(14-12-23)22(25)9-3-17-2-8-21-18(16-17)10-15-27-21/h2-9,16H,10-15H2,1H3/b9-3+. The minimum absolute atomic E-state index is 0.0705. The van der Waals surface area contributed by atoms with Gasteiger partial charge in [0.25, 0.3) is 0 Å². The molecule has 5 nitrogen and oxygen atoms in total. The molecule has 0 unspecified atom stereocenters. The first-order valence-electron chi connectivity index (χ1n) is 9.35. The van der Waals surface area contributed by atoms with Gasteiger partial charge in [0.2, 0.25) is 5.91 Å². The molecule has 0 bridgehead atoms. The van der Waals surface area contributed by atoms with Crippen molar-refractivity contribution in [2.75, 3.05) is 44.8 Å². The highest BCUT2D eigenvalue weighted by molar-refractivity contribution is 5.92. The van der Waals surface area contributed by atoms with E-state index in [9.17, 15) is 4.79 Å². The Bertz CT molecular complexity index is 837. The molecule has 0 atom stereocenters. The van der Waals surface area contributed by atoms with Crippen molar-refractivity contribution in [1.82, 2.24) is 4.90 Å². The number of amides is 1. The molecule has 2 aromatic carbocycles. The van der Waals surface area contributed by atoms with Crippen LogP contribution in [0.4, 0.5) is 5.69 Å². The fraction of sp³-hybridized carbons (Fsp3) is 0.318. The molecule has 2 aliphatic heterocycles. The van der Waals surface area contributed by atoms with Crippen LogP contribution < -0.4 is 14.4 Å². The van der Waals surface area contributed by atoms with Gasteiger partial charge in [0.05, 0.1) is 13.7 Å². The van der Waals surface area contributed by atoms with Crippen molar-refractivity contribution in [1.29, 1.82) is 0 Å². The van der Waals surface area contributed by atoms with E-state index < -0.39 is 0 Å². The van der Waals surface area contributed by atoms with E-state index in [-0.39, 0.29) is 5.91 Å². The maximum absolute atomic E-state index is 12.5. The molecular formula is C22H24N2O3. The summed E-state index contributed by atoms with van der Waals surface area (Å²) >= 11 is 0. The summed E-state index contributed by atoms with van der Waals surface area (Å²) in [6.07, 6.45) is 4.52. The van der Waals surface area contributed by atoms with Crippen LogP contribution in [0.25, 0.3) is 6.08 Å². The lowest BCUT2D eigenvalue weighted by Gasteiger charge is -2.35. The second-order valence-electron chi connectivity index (χ2n) is 6.81. The van der Waals surface area contributed by atoms with Crippen LogP contribution in [0.1, 0.15) is 11.1 Å². The van der Waals surface area contributed by atoms with Crippen LogP contribution in [0.3, 0.4) is 0 Å². The van der Waals surface area contributed by atoms with Gasteiger partial charge in [-0.1, -0.05) is 6.07 Å². The van der Waals surface area contributed by atoms with Gasteiger partial charge in [-0.3, -0.25) is 4.79 Å². The molecular weight excluding hydrogens is 340 g/mol. The molecule has 4 rings (SSSR count). The maximum atomic E-state index is 12.5. The molecule has 2 aliphatic rings. The Morgan fingerprint density at radius 3 is 2.59 bits per heavy atom. The molecule has 27 heavy (non-hydrogen) atoms. The van der Waals surface area contributed by atoms with Crippen LogP contribution in [0, 0.1) is 0 Å². The Kier molecular flexibility index (Phi) is 5.01. The van der Waals surface area contributed by atoms with Gasteiger partial charge in [0.1, 0.15) is 11.5 Å². The van der Waals surface area contributed by atoms with E-state index in [0.717, 1.165) is 56.3 Å². The molecule has 2 aromatic rings. The fourth-order valence-corrected chi connectivity index (χ4v) is 3.56. The van der Waals surface area contributed by atoms with Gasteiger partial charge in [-0.15, -0.1) is 0 Å². The monoisotopic (exact) mass is 364 g/mol. The highest BCUT2D eigenvalue weighted by Gasteiger charge is 2.20. The first kappa shape index (κ1) is 17.5. The Morgan fingerprint density at radius 2 is 1.85 bits per heavy atom. The van der Waals surface area contributed by atoms with E-state index in [1.807, 2.05) is 35.2 Å². The van der Waals surface area contributed by atoms with Crippen LogP contribution in [-0.2, 0) is 11.2 Å². The van der Waals surface area contributed by atoms with E-state index in [0.29, 0.717) is 0 Å². The van der Waals surface area contributed by atoms with Crippen molar-refractivity contribution in [3.63, 3.8) is 0 Å². The predicted octanol–water partition coefficient (Wildman–Crippen LogP) is 2.99. The predicted molar refractivity (Wildman–Crippen MR) is 106 cm³/mol. The van der Waals surface area contributed by atoms with E-state index in [1.54, 1.807) is 13.2 Å². The first-order chi connectivity index (χ1) is 13.2. The van der Waals surface area contributed by atoms with Crippen LogP contribution in [-0.4, -0.2) is 50.7 Å². The lowest BCUT2D eigenvalue weighted by atomic mass is 10.1. The number of carbonyl (C=O) groups is 1. The lowest BCUT2D eigenvalue weighted by molar-refractivity contribution is -0.126. The topological polar surface area (TPSA) is 42.0 Å². The Hall–Kier alpha value is -2.95. The van der Waals surface area contributed by atoms with Crippen LogP contribution in [0.2, 0.25) is 0 Å². The molecule has 5 heteroatoms.